The largest absolute Gasteiger partial charge is 0.505 e. The fourth-order valence-corrected chi connectivity index (χ4v) is 4.78. The number of fused-ring (bicyclic) bond motifs is 1. The summed E-state index contributed by atoms with van der Waals surface area (Å²) in [7, 11) is -3.28. The highest BCUT2D eigenvalue weighted by atomic mass is 35.5. The standard InChI is InChI=1S/C25H19Cl2N3O6S/c1-13-10-11-19(37(33,34)35)22(20(13)27)30-29-21-15-7-4-3-6-14(15)12-16(23(21)31)25(32)28-18-9-5-8-17(26)24(18)36-2/h3-12,31H,1-2H3,(H,28,32)(H,33,34,35). The highest BCUT2D eigenvalue weighted by Crippen LogP contribution is 2.42. The molecule has 0 fully saturated rings. The van der Waals surface area contributed by atoms with Crippen LogP contribution in [0.2, 0.25) is 10.0 Å². The van der Waals surface area contributed by atoms with Crippen LogP contribution < -0.4 is 10.1 Å². The maximum absolute atomic E-state index is 13.2. The number of carbonyl (C=O) groups is 1. The number of methoxy groups -OCH3 is 1. The van der Waals surface area contributed by atoms with Crippen LogP contribution in [0.4, 0.5) is 17.1 Å². The molecule has 0 aliphatic rings. The number of aromatic hydroxyl groups is 1. The Hall–Kier alpha value is -3.70. The molecular formula is C25H19Cl2N3O6S. The molecule has 9 nitrogen and oxygen atoms in total. The van der Waals surface area contributed by atoms with Gasteiger partial charge in [0.25, 0.3) is 16.0 Å². The van der Waals surface area contributed by atoms with Gasteiger partial charge in [0.05, 0.1) is 28.4 Å². The smallest absolute Gasteiger partial charge is 0.296 e. The van der Waals surface area contributed by atoms with Crippen molar-refractivity contribution in [2.24, 2.45) is 10.2 Å². The molecule has 0 saturated carbocycles. The summed E-state index contributed by atoms with van der Waals surface area (Å²) >= 11 is 12.4. The van der Waals surface area contributed by atoms with Crippen LogP contribution in [-0.2, 0) is 10.1 Å². The first-order valence-corrected chi connectivity index (χ1v) is 12.8. The monoisotopic (exact) mass is 559 g/mol. The van der Waals surface area contributed by atoms with Crippen LogP contribution in [0.1, 0.15) is 15.9 Å². The minimum atomic E-state index is -4.68. The molecule has 0 radical (unpaired) electrons. The molecule has 1 amide bonds. The third-order valence-corrected chi connectivity index (χ3v) is 7.12. The number of aryl methyl sites for hydroxylation is 1. The highest BCUT2D eigenvalue weighted by molar-refractivity contribution is 7.86. The summed E-state index contributed by atoms with van der Waals surface area (Å²) in [5.41, 5.74) is 0.201. The van der Waals surface area contributed by atoms with Gasteiger partial charge in [0.2, 0.25) is 0 Å². The molecule has 0 aliphatic carbocycles. The number of hydrogen-bond donors (Lipinski definition) is 3. The van der Waals surface area contributed by atoms with Crippen LogP contribution in [0.3, 0.4) is 0 Å². The number of nitrogens with one attached hydrogen (secondary N) is 1. The van der Waals surface area contributed by atoms with Crippen molar-refractivity contribution in [3.05, 3.63) is 81.8 Å². The third kappa shape index (κ3) is 5.23. The van der Waals surface area contributed by atoms with Gasteiger partial charge in [-0.2, -0.15) is 8.42 Å². The highest BCUT2D eigenvalue weighted by Gasteiger charge is 2.22. The zero-order valence-electron chi connectivity index (χ0n) is 19.4. The second kappa shape index (κ2) is 10.3. The molecule has 0 bridgehead atoms. The normalized spacial score (nSPS) is 11.7. The van der Waals surface area contributed by atoms with Crippen molar-refractivity contribution in [3.8, 4) is 11.5 Å². The van der Waals surface area contributed by atoms with Gasteiger partial charge >= 0.3 is 0 Å². The van der Waals surface area contributed by atoms with Crippen LogP contribution in [0.15, 0.2) is 75.8 Å². The minimum absolute atomic E-state index is 0.0513. The van der Waals surface area contributed by atoms with E-state index in [-0.39, 0.29) is 38.4 Å². The molecule has 0 aliphatic heterocycles. The molecule has 190 valence electrons. The van der Waals surface area contributed by atoms with Crippen LogP contribution in [0.25, 0.3) is 10.8 Å². The number of phenolic OH excluding ortho intramolecular Hbond substituents is 1. The molecule has 0 atom stereocenters. The van der Waals surface area contributed by atoms with Gasteiger partial charge in [-0.15, -0.1) is 10.2 Å². The number of phenols is 1. The lowest BCUT2D eigenvalue weighted by atomic mass is 10.0. The van der Waals surface area contributed by atoms with Gasteiger partial charge < -0.3 is 15.2 Å². The zero-order chi connectivity index (χ0) is 26.9. The van der Waals surface area contributed by atoms with Gasteiger partial charge in [0.1, 0.15) is 16.3 Å². The maximum atomic E-state index is 13.2. The van der Waals surface area contributed by atoms with E-state index in [0.29, 0.717) is 16.3 Å². The molecule has 0 spiro atoms. The zero-order valence-corrected chi connectivity index (χ0v) is 21.7. The number of halogens is 2. The van der Waals surface area contributed by atoms with Gasteiger partial charge in [-0.3, -0.25) is 9.35 Å². The van der Waals surface area contributed by atoms with Crippen molar-refractivity contribution >= 4 is 67.1 Å². The molecule has 12 heteroatoms. The first-order valence-electron chi connectivity index (χ1n) is 10.6. The van der Waals surface area contributed by atoms with E-state index < -0.39 is 26.7 Å². The number of benzene rings is 4. The summed E-state index contributed by atoms with van der Waals surface area (Å²) < 4.78 is 38.6. The Morgan fingerprint density at radius 3 is 2.41 bits per heavy atom. The van der Waals surface area contributed by atoms with E-state index in [1.54, 1.807) is 49.4 Å². The lowest BCUT2D eigenvalue weighted by Gasteiger charge is -2.14. The Balaban J connectivity index is 1.87. The number of rotatable bonds is 6. The molecule has 4 aromatic rings. The number of amides is 1. The molecule has 4 aromatic carbocycles. The van der Waals surface area contributed by atoms with Gasteiger partial charge in [-0.05, 0) is 42.1 Å². The molecule has 0 saturated heterocycles. The first-order chi connectivity index (χ1) is 17.5. The Labute approximate surface area is 222 Å². The lowest BCUT2D eigenvalue weighted by molar-refractivity contribution is 0.102. The second-order valence-corrected chi connectivity index (χ2v) is 10.0. The molecule has 4 rings (SSSR count). The number of para-hydroxylation sites is 1. The minimum Gasteiger partial charge on any atom is -0.505 e. The average Bonchev–Trinajstić information content (AvgIpc) is 2.84. The van der Waals surface area contributed by atoms with Crippen molar-refractivity contribution < 1.29 is 27.6 Å². The molecule has 0 unspecified atom stereocenters. The Morgan fingerprint density at radius 2 is 1.70 bits per heavy atom. The second-order valence-electron chi connectivity index (χ2n) is 7.84. The lowest BCUT2D eigenvalue weighted by Crippen LogP contribution is -2.13. The topological polar surface area (TPSA) is 138 Å². The predicted molar refractivity (Wildman–Crippen MR) is 142 cm³/mol. The molecular weight excluding hydrogens is 541 g/mol. The fraction of sp³-hybridized carbons (Fsp3) is 0.0800. The van der Waals surface area contributed by atoms with Crippen molar-refractivity contribution in [2.45, 2.75) is 11.8 Å². The van der Waals surface area contributed by atoms with Crippen LogP contribution in [0, 0.1) is 6.92 Å². The number of carbonyl (C=O) groups excluding carboxylic acids is 1. The Morgan fingerprint density at radius 1 is 1.00 bits per heavy atom. The van der Waals surface area contributed by atoms with E-state index in [2.05, 4.69) is 15.5 Å². The van der Waals surface area contributed by atoms with Gasteiger partial charge in [-0.25, -0.2) is 0 Å². The SMILES string of the molecule is COc1c(Cl)cccc1NC(=O)c1cc2ccccc2c(N=Nc2c(S(=O)(=O)O)ccc(C)c2Cl)c1O. The Kier molecular flexibility index (Phi) is 7.37. The quantitative estimate of drug-likeness (QED) is 0.170. The molecule has 37 heavy (non-hydrogen) atoms. The van der Waals surface area contributed by atoms with Gasteiger partial charge in [0, 0.05) is 5.39 Å². The molecule has 3 N–H and O–H groups in total. The van der Waals surface area contributed by atoms with E-state index >= 15 is 0 Å². The number of ether oxygens (including phenoxy) is 1. The summed E-state index contributed by atoms with van der Waals surface area (Å²) in [6, 6.07) is 15.6. The predicted octanol–water partition coefficient (Wildman–Crippen LogP) is 7.08. The van der Waals surface area contributed by atoms with Crippen molar-refractivity contribution in [1.29, 1.82) is 0 Å². The van der Waals surface area contributed by atoms with Crippen LogP contribution >= 0.6 is 23.2 Å². The Bertz CT molecular complexity index is 1690. The van der Waals surface area contributed by atoms with E-state index in [4.69, 9.17) is 27.9 Å². The fourth-order valence-electron chi connectivity index (χ4n) is 3.65. The van der Waals surface area contributed by atoms with Crippen molar-refractivity contribution in [2.75, 3.05) is 12.4 Å². The van der Waals surface area contributed by atoms with E-state index in [1.807, 2.05) is 0 Å². The van der Waals surface area contributed by atoms with E-state index in [9.17, 15) is 22.9 Å². The number of hydrogen-bond acceptors (Lipinski definition) is 7. The van der Waals surface area contributed by atoms with Gasteiger partial charge in [0.15, 0.2) is 11.5 Å². The van der Waals surface area contributed by atoms with Gasteiger partial charge in [-0.1, -0.05) is 59.6 Å². The van der Waals surface area contributed by atoms with Crippen molar-refractivity contribution in [3.63, 3.8) is 0 Å². The molecule has 0 heterocycles. The summed E-state index contributed by atoms with van der Waals surface area (Å²) in [5.74, 6) is -0.963. The summed E-state index contributed by atoms with van der Waals surface area (Å²) in [5, 5.41) is 23.0. The summed E-state index contributed by atoms with van der Waals surface area (Å²) in [6.45, 7) is 1.62. The first kappa shape index (κ1) is 26.4. The molecule has 0 aromatic heterocycles. The number of azo groups is 1. The summed E-state index contributed by atoms with van der Waals surface area (Å²) in [6.07, 6.45) is 0. The number of nitrogens with zero attached hydrogens (tertiary/aromatic N) is 2. The van der Waals surface area contributed by atoms with Crippen LogP contribution in [-0.4, -0.2) is 31.1 Å². The van der Waals surface area contributed by atoms with E-state index in [1.165, 1.54) is 19.2 Å². The van der Waals surface area contributed by atoms with E-state index in [0.717, 1.165) is 6.07 Å². The number of anilines is 1. The van der Waals surface area contributed by atoms with Crippen molar-refractivity contribution in [1.82, 2.24) is 0 Å². The average molecular weight is 560 g/mol. The maximum Gasteiger partial charge on any atom is 0.296 e. The summed E-state index contributed by atoms with van der Waals surface area (Å²) in [4.78, 5) is 12.6. The third-order valence-electron chi connectivity index (χ3n) is 5.46. The van der Waals surface area contributed by atoms with Crippen LogP contribution in [0.5, 0.6) is 11.5 Å².